The largest absolute Gasteiger partial charge is 0.455 e. The summed E-state index contributed by atoms with van der Waals surface area (Å²) in [6, 6.07) is 63.4. The molecule has 0 saturated heterocycles. The van der Waals surface area contributed by atoms with Gasteiger partial charge in [0.05, 0.1) is 5.69 Å². The van der Waals surface area contributed by atoms with E-state index in [2.05, 4.69) is 169 Å². The fraction of sp³-hybridized carbons (Fsp3) is 0. The summed E-state index contributed by atoms with van der Waals surface area (Å²) in [6.45, 7) is 0. The molecule has 0 N–H and O–H groups in total. The molecule has 0 aliphatic heterocycles. The number of hydrogen-bond acceptors (Lipinski definition) is 2. The summed E-state index contributed by atoms with van der Waals surface area (Å²) in [5, 5.41) is 12.0. The Balaban J connectivity index is 1.19. The highest BCUT2D eigenvalue weighted by molar-refractivity contribution is 6.18. The fourth-order valence-corrected chi connectivity index (χ4v) is 7.55. The minimum absolute atomic E-state index is 0.910. The molecular formula is C46H29NO. The third-order valence-electron chi connectivity index (χ3n) is 9.83. The van der Waals surface area contributed by atoms with Crippen LogP contribution in [0.25, 0.3) is 76.2 Å². The zero-order valence-electron chi connectivity index (χ0n) is 26.1. The van der Waals surface area contributed by atoms with Crippen molar-refractivity contribution in [1.29, 1.82) is 0 Å². The highest BCUT2D eigenvalue weighted by atomic mass is 16.3. The molecule has 0 unspecified atom stereocenters. The molecular weight excluding hydrogens is 583 g/mol. The molecule has 48 heavy (non-hydrogen) atoms. The Kier molecular flexibility index (Phi) is 5.91. The van der Waals surface area contributed by atoms with Gasteiger partial charge in [-0.05, 0) is 85.9 Å². The van der Waals surface area contributed by atoms with Crippen molar-refractivity contribution in [3.8, 4) is 11.1 Å². The summed E-state index contributed by atoms with van der Waals surface area (Å²) in [5.41, 5.74) is 7.57. The first-order valence-electron chi connectivity index (χ1n) is 16.4. The second-order valence-corrected chi connectivity index (χ2v) is 12.5. The highest BCUT2D eigenvalue weighted by Gasteiger charge is 2.19. The van der Waals surface area contributed by atoms with Crippen LogP contribution in [0.2, 0.25) is 0 Å². The zero-order chi connectivity index (χ0) is 31.6. The van der Waals surface area contributed by atoms with Crippen LogP contribution in [0.1, 0.15) is 0 Å². The van der Waals surface area contributed by atoms with E-state index in [0.29, 0.717) is 0 Å². The molecule has 224 valence electrons. The van der Waals surface area contributed by atoms with Crippen molar-refractivity contribution >= 4 is 82.1 Å². The van der Waals surface area contributed by atoms with Gasteiger partial charge in [-0.1, -0.05) is 133 Å². The number of rotatable bonds is 4. The molecule has 2 nitrogen and oxygen atoms in total. The predicted octanol–water partition coefficient (Wildman–Crippen LogP) is 13.3. The van der Waals surface area contributed by atoms with Crippen LogP contribution in [0.15, 0.2) is 180 Å². The van der Waals surface area contributed by atoms with E-state index < -0.39 is 0 Å². The van der Waals surface area contributed by atoms with Gasteiger partial charge in [-0.25, -0.2) is 0 Å². The maximum Gasteiger partial charge on any atom is 0.143 e. The van der Waals surface area contributed by atoms with Crippen molar-refractivity contribution in [2.45, 2.75) is 0 Å². The lowest BCUT2D eigenvalue weighted by molar-refractivity contribution is 0.672. The number of furan rings is 1. The minimum atomic E-state index is 0.910. The van der Waals surface area contributed by atoms with Crippen molar-refractivity contribution in [2.75, 3.05) is 4.90 Å². The zero-order valence-corrected chi connectivity index (χ0v) is 26.1. The van der Waals surface area contributed by atoms with E-state index in [1.807, 2.05) is 12.1 Å². The molecule has 1 aromatic heterocycles. The summed E-state index contributed by atoms with van der Waals surface area (Å²) >= 11 is 0. The molecule has 0 atom stereocenters. The van der Waals surface area contributed by atoms with Gasteiger partial charge in [0.15, 0.2) is 0 Å². The fourth-order valence-electron chi connectivity index (χ4n) is 7.55. The third-order valence-corrected chi connectivity index (χ3v) is 9.83. The molecule has 9 aromatic carbocycles. The quantitative estimate of drug-likeness (QED) is 0.184. The van der Waals surface area contributed by atoms with Gasteiger partial charge in [-0.2, -0.15) is 0 Å². The number of fused-ring (bicyclic) bond motifs is 9. The summed E-state index contributed by atoms with van der Waals surface area (Å²) in [4.78, 5) is 2.39. The van der Waals surface area contributed by atoms with Crippen molar-refractivity contribution in [3.63, 3.8) is 0 Å². The number of nitrogens with zero attached hydrogens (tertiary/aromatic N) is 1. The van der Waals surface area contributed by atoms with Crippen molar-refractivity contribution in [3.05, 3.63) is 176 Å². The van der Waals surface area contributed by atoms with Crippen LogP contribution in [0.4, 0.5) is 17.1 Å². The van der Waals surface area contributed by atoms with E-state index in [-0.39, 0.29) is 0 Å². The van der Waals surface area contributed by atoms with Crippen LogP contribution in [0, 0.1) is 0 Å². The molecule has 0 radical (unpaired) electrons. The van der Waals surface area contributed by atoms with Gasteiger partial charge in [-0.3, -0.25) is 0 Å². The number of benzene rings is 9. The molecule has 10 rings (SSSR count). The Labute approximate surface area is 277 Å². The summed E-state index contributed by atoms with van der Waals surface area (Å²) in [5.74, 6) is 0. The monoisotopic (exact) mass is 611 g/mol. The highest BCUT2D eigenvalue weighted by Crippen LogP contribution is 2.44. The van der Waals surface area contributed by atoms with Gasteiger partial charge >= 0.3 is 0 Å². The second-order valence-electron chi connectivity index (χ2n) is 12.5. The molecule has 10 aromatic rings. The van der Waals surface area contributed by atoms with Gasteiger partial charge in [-0.15, -0.1) is 0 Å². The molecule has 0 saturated carbocycles. The summed E-state index contributed by atoms with van der Waals surface area (Å²) < 4.78 is 6.49. The van der Waals surface area contributed by atoms with Crippen molar-refractivity contribution in [2.24, 2.45) is 0 Å². The lowest BCUT2D eigenvalue weighted by atomic mass is 9.97. The first-order chi connectivity index (χ1) is 23.8. The lowest BCUT2D eigenvalue weighted by Crippen LogP contribution is -2.10. The van der Waals surface area contributed by atoms with Crippen LogP contribution >= 0.6 is 0 Å². The van der Waals surface area contributed by atoms with Gasteiger partial charge in [0.1, 0.15) is 11.2 Å². The molecule has 0 spiro atoms. The first-order valence-corrected chi connectivity index (χ1v) is 16.4. The molecule has 2 heteroatoms. The third kappa shape index (κ3) is 4.13. The summed E-state index contributed by atoms with van der Waals surface area (Å²) in [7, 11) is 0. The van der Waals surface area contributed by atoms with Crippen LogP contribution < -0.4 is 4.90 Å². The average Bonchev–Trinajstić information content (AvgIpc) is 3.54. The van der Waals surface area contributed by atoms with E-state index in [0.717, 1.165) is 49.8 Å². The number of anilines is 3. The van der Waals surface area contributed by atoms with Crippen molar-refractivity contribution < 1.29 is 4.42 Å². The van der Waals surface area contributed by atoms with Crippen molar-refractivity contribution in [1.82, 2.24) is 0 Å². The Morgan fingerprint density at radius 1 is 0.354 bits per heavy atom. The van der Waals surface area contributed by atoms with E-state index in [4.69, 9.17) is 4.42 Å². The second kappa shape index (κ2) is 10.6. The van der Waals surface area contributed by atoms with Gasteiger partial charge in [0.25, 0.3) is 0 Å². The van der Waals surface area contributed by atoms with Gasteiger partial charge in [0, 0.05) is 32.9 Å². The Hall–Kier alpha value is -6.38. The van der Waals surface area contributed by atoms with E-state index in [9.17, 15) is 0 Å². The molecule has 0 bridgehead atoms. The standard InChI is InChI=1S/C46H29NO/c1-3-12-36-30(9-1)11-7-15-38(36)32-21-23-34(24-22-32)47(35-25-26-39-33(29-35)20-19-31-10-2-4-13-37(31)39)44-17-8-16-42-40(44)27-28-43-41-14-5-6-18-45(41)48-46(42)43/h1-29H. The molecule has 0 fully saturated rings. The smallest absolute Gasteiger partial charge is 0.143 e. The van der Waals surface area contributed by atoms with Crippen LogP contribution in [-0.2, 0) is 0 Å². The molecule has 0 aliphatic carbocycles. The Bertz CT molecular complexity index is 2840. The maximum atomic E-state index is 6.49. The van der Waals surface area contributed by atoms with Crippen LogP contribution in [0.3, 0.4) is 0 Å². The maximum absolute atomic E-state index is 6.49. The van der Waals surface area contributed by atoms with E-state index in [1.54, 1.807) is 0 Å². The SMILES string of the molecule is c1ccc2c(-c3ccc(N(c4ccc5c(ccc6ccccc65)c4)c4cccc5c4ccc4c6ccccc6oc54)cc3)cccc2c1. The normalized spacial score (nSPS) is 11.8. The molecule has 0 amide bonds. The first kappa shape index (κ1) is 26.8. The minimum Gasteiger partial charge on any atom is -0.455 e. The van der Waals surface area contributed by atoms with Gasteiger partial charge in [0.2, 0.25) is 0 Å². The molecule has 0 aliphatic rings. The van der Waals surface area contributed by atoms with Crippen LogP contribution in [0.5, 0.6) is 0 Å². The summed E-state index contributed by atoms with van der Waals surface area (Å²) in [6.07, 6.45) is 0. The Morgan fingerprint density at radius 2 is 0.938 bits per heavy atom. The lowest BCUT2D eigenvalue weighted by Gasteiger charge is -2.27. The molecule has 1 heterocycles. The van der Waals surface area contributed by atoms with Gasteiger partial charge < -0.3 is 9.32 Å². The van der Waals surface area contributed by atoms with Crippen LogP contribution in [-0.4, -0.2) is 0 Å². The Morgan fingerprint density at radius 3 is 1.81 bits per heavy atom. The number of para-hydroxylation sites is 1. The average molecular weight is 612 g/mol. The topological polar surface area (TPSA) is 16.4 Å². The number of hydrogen-bond donors (Lipinski definition) is 0. The predicted molar refractivity (Wildman–Crippen MR) is 204 cm³/mol. The van der Waals surface area contributed by atoms with E-state index >= 15 is 0 Å². The van der Waals surface area contributed by atoms with E-state index in [1.165, 1.54) is 43.4 Å².